The Bertz CT molecular complexity index is 1520. The molecule has 50 heavy (non-hydrogen) atoms. The summed E-state index contributed by atoms with van der Waals surface area (Å²) >= 11 is 0. The number of rotatable bonds is 12. The van der Waals surface area contributed by atoms with Gasteiger partial charge < -0.3 is 46.2 Å². The van der Waals surface area contributed by atoms with E-state index in [-0.39, 0.29) is 54.6 Å². The normalized spacial score (nSPS) is 10.1. The summed E-state index contributed by atoms with van der Waals surface area (Å²) in [6.07, 6.45) is 0. The highest BCUT2D eigenvalue weighted by molar-refractivity contribution is 5.93. The molecule has 0 heterocycles. The van der Waals surface area contributed by atoms with E-state index in [1.165, 1.54) is 29.8 Å². The third-order valence-corrected chi connectivity index (χ3v) is 6.71. The average molecular weight is 695 g/mol. The molecule has 0 saturated carbocycles. The molecule has 9 N–H and O–H groups in total. The number of carboxylic acids is 2. The number of nitrogen functional groups attached to an aromatic ring is 1. The number of phenols is 2. The number of carbonyl (C=O) groups is 3. The lowest BCUT2D eigenvalue weighted by molar-refractivity contribution is 0.0468. The molecule has 4 aromatic rings. The lowest BCUT2D eigenvalue weighted by atomic mass is 10.0. The van der Waals surface area contributed by atoms with Gasteiger partial charge in [-0.1, -0.05) is 74.5 Å². The number of aromatic carboxylic acids is 2. The van der Waals surface area contributed by atoms with Gasteiger partial charge in [-0.25, -0.2) is 14.4 Å². The maximum atomic E-state index is 11.8. The number of phenolic OH excluding ortho intramolecular Hbond substituents is 1. The van der Waals surface area contributed by atoms with E-state index in [9.17, 15) is 19.5 Å². The number of aliphatic hydroxyl groups excluding tert-OH is 3. The van der Waals surface area contributed by atoms with E-state index in [0.29, 0.717) is 31.2 Å². The number of benzene rings is 4. The van der Waals surface area contributed by atoms with Crippen molar-refractivity contribution >= 4 is 23.6 Å². The molecule has 4 aromatic carbocycles. The molecule has 0 spiro atoms. The monoisotopic (exact) mass is 694 g/mol. The van der Waals surface area contributed by atoms with Crippen molar-refractivity contribution in [2.24, 2.45) is 0 Å². The topological polar surface area (TPSA) is 231 Å². The smallest absolute Gasteiger partial charge is 0.342 e. The first kappa shape index (κ1) is 42.6. The first-order valence-corrected chi connectivity index (χ1v) is 15.5. The number of para-hydroxylation sites is 3. The Morgan fingerprint density at radius 1 is 0.640 bits per heavy atom. The number of carbonyl (C=O) groups excluding carboxylic acids is 1. The standard InChI is InChI=1S/C17H18O3.C7H7NO2.C7H6O3.C6H15NO3/c1-12(2)14-9-7-13(8-10-14)11-20-17(19)15-5-3-4-6-16(15)18;2*8-6-4-2-1-3-5(6)7(9)10;8-4-1-7(2-5-9)3-6-10/h3-10,12,18H,11H2,1-2H3;1-4H,8H2,(H,9,10);1-4,8H,(H,9,10);8-10H,1-6H2. The van der Waals surface area contributed by atoms with Gasteiger partial charge in [-0.15, -0.1) is 0 Å². The summed E-state index contributed by atoms with van der Waals surface area (Å²) in [4.78, 5) is 34.2. The summed E-state index contributed by atoms with van der Waals surface area (Å²) in [5.74, 6) is -2.40. The maximum absolute atomic E-state index is 11.8. The van der Waals surface area contributed by atoms with Gasteiger partial charge in [0.15, 0.2) is 0 Å². The van der Waals surface area contributed by atoms with E-state index in [1.807, 2.05) is 24.3 Å². The summed E-state index contributed by atoms with van der Waals surface area (Å²) in [7, 11) is 0. The van der Waals surface area contributed by atoms with Gasteiger partial charge in [0.1, 0.15) is 29.2 Å². The van der Waals surface area contributed by atoms with Gasteiger partial charge in [0, 0.05) is 25.3 Å². The molecule has 0 saturated heterocycles. The van der Waals surface area contributed by atoms with Crippen LogP contribution in [0.3, 0.4) is 0 Å². The zero-order valence-corrected chi connectivity index (χ0v) is 28.1. The number of nitrogens with zero attached hydrogens (tertiary/aromatic N) is 1. The highest BCUT2D eigenvalue weighted by Crippen LogP contribution is 2.19. The predicted octanol–water partition coefficient (Wildman–Crippen LogP) is 4.20. The molecule has 0 aliphatic heterocycles. The number of aromatic hydroxyl groups is 2. The Kier molecular flexibility index (Phi) is 20.2. The fraction of sp³-hybridized carbons (Fsp3) is 0.270. The van der Waals surface area contributed by atoms with Crippen LogP contribution in [0.15, 0.2) is 97.1 Å². The van der Waals surface area contributed by atoms with Crippen LogP contribution < -0.4 is 5.73 Å². The van der Waals surface area contributed by atoms with Crippen molar-refractivity contribution in [3.63, 3.8) is 0 Å². The lowest BCUT2D eigenvalue weighted by Crippen LogP contribution is -2.32. The molecule has 4 rings (SSSR count). The molecule has 0 unspecified atom stereocenters. The van der Waals surface area contributed by atoms with Crippen LogP contribution >= 0.6 is 0 Å². The van der Waals surface area contributed by atoms with Crippen LogP contribution in [0.25, 0.3) is 0 Å². The van der Waals surface area contributed by atoms with E-state index in [2.05, 4.69) is 13.8 Å². The van der Waals surface area contributed by atoms with Gasteiger partial charge in [0.25, 0.3) is 0 Å². The van der Waals surface area contributed by atoms with Gasteiger partial charge in [-0.3, -0.25) is 4.90 Å². The van der Waals surface area contributed by atoms with Crippen molar-refractivity contribution in [3.8, 4) is 11.5 Å². The second kappa shape index (κ2) is 23.8. The summed E-state index contributed by atoms with van der Waals surface area (Å²) < 4.78 is 5.20. The van der Waals surface area contributed by atoms with Crippen LogP contribution in [0.2, 0.25) is 0 Å². The Labute approximate surface area is 291 Å². The Balaban J connectivity index is 0.000000356. The summed E-state index contributed by atoms with van der Waals surface area (Å²) in [5.41, 5.74) is 8.10. The SMILES string of the molecule is CC(C)c1ccc(COC(=O)c2ccccc2O)cc1.Nc1ccccc1C(=O)O.O=C(O)c1ccccc1O.OCCN(CCO)CCO. The summed E-state index contributed by atoms with van der Waals surface area (Å²) in [6.45, 7) is 6.22. The maximum Gasteiger partial charge on any atom is 0.342 e. The van der Waals surface area contributed by atoms with Crippen LogP contribution in [0, 0.1) is 0 Å². The molecule has 0 aliphatic rings. The van der Waals surface area contributed by atoms with Crippen LogP contribution in [0.5, 0.6) is 11.5 Å². The molecule has 0 aromatic heterocycles. The summed E-state index contributed by atoms with van der Waals surface area (Å²) in [6, 6.07) is 26.5. The number of ether oxygens (including phenoxy) is 1. The van der Waals surface area contributed by atoms with Gasteiger partial charge in [-0.05, 0) is 53.4 Å². The van der Waals surface area contributed by atoms with Crippen molar-refractivity contribution < 1.29 is 54.9 Å². The van der Waals surface area contributed by atoms with Gasteiger partial charge in [0.2, 0.25) is 0 Å². The van der Waals surface area contributed by atoms with Crippen molar-refractivity contribution in [1.29, 1.82) is 0 Å². The molecule has 0 atom stereocenters. The van der Waals surface area contributed by atoms with Gasteiger partial charge >= 0.3 is 17.9 Å². The average Bonchev–Trinajstić information content (AvgIpc) is 3.09. The minimum Gasteiger partial charge on any atom is -0.507 e. The first-order valence-electron chi connectivity index (χ1n) is 15.5. The number of aliphatic hydroxyl groups is 3. The number of hydrogen-bond acceptors (Lipinski definition) is 11. The van der Waals surface area contributed by atoms with Crippen LogP contribution in [0.1, 0.15) is 62.0 Å². The third-order valence-electron chi connectivity index (χ3n) is 6.71. The van der Waals surface area contributed by atoms with E-state index in [0.717, 1.165) is 5.56 Å². The zero-order chi connectivity index (χ0) is 37.5. The number of hydrogen-bond donors (Lipinski definition) is 8. The zero-order valence-electron chi connectivity index (χ0n) is 28.1. The number of anilines is 1. The molecule has 0 aliphatic carbocycles. The highest BCUT2D eigenvalue weighted by Gasteiger charge is 2.12. The van der Waals surface area contributed by atoms with Crippen molar-refractivity contribution in [2.75, 3.05) is 45.2 Å². The molecular formula is C37H46N2O11. The summed E-state index contributed by atoms with van der Waals surface area (Å²) in [5, 5.41) is 60.8. The molecule has 270 valence electrons. The lowest BCUT2D eigenvalue weighted by Gasteiger charge is -2.17. The number of esters is 1. The second-order valence-corrected chi connectivity index (χ2v) is 10.7. The predicted molar refractivity (Wildman–Crippen MR) is 188 cm³/mol. The van der Waals surface area contributed by atoms with Crippen LogP contribution in [-0.4, -0.2) is 98.0 Å². The van der Waals surface area contributed by atoms with E-state index < -0.39 is 17.9 Å². The van der Waals surface area contributed by atoms with Gasteiger partial charge in [0.05, 0.1) is 25.4 Å². The molecule has 0 fully saturated rings. The molecule has 0 radical (unpaired) electrons. The first-order chi connectivity index (χ1) is 23.9. The third kappa shape index (κ3) is 16.1. The van der Waals surface area contributed by atoms with E-state index >= 15 is 0 Å². The minimum absolute atomic E-state index is 0.0624. The fourth-order valence-electron chi connectivity index (χ4n) is 3.98. The second-order valence-electron chi connectivity index (χ2n) is 10.7. The number of carboxylic acid groups (broad SMARTS) is 2. The Morgan fingerprint density at radius 3 is 1.42 bits per heavy atom. The quantitative estimate of drug-likeness (QED) is 0.0769. The molecular weight excluding hydrogens is 648 g/mol. The molecule has 13 heteroatoms. The van der Waals surface area contributed by atoms with E-state index in [1.54, 1.807) is 53.4 Å². The van der Waals surface area contributed by atoms with E-state index in [4.69, 9.17) is 41.1 Å². The fourth-order valence-corrected chi connectivity index (χ4v) is 3.98. The van der Waals surface area contributed by atoms with Crippen LogP contribution in [-0.2, 0) is 11.3 Å². The largest absolute Gasteiger partial charge is 0.507 e. The minimum atomic E-state index is -1.11. The Hall–Kier alpha value is -5.47. The highest BCUT2D eigenvalue weighted by atomic mass is 16.5. The number of nitrogens with two attached hydrogens (primary N) is 1. The molecule has 0 amide bonds. The van der Waals surface area contributed by atoms with Crippen molar-refractivity contribution in [2.45, 2.75) is 26.4 Å². The molecule has 0 bridgehead atoms. The van der Waals surface area contributed by atoms with Crippen LogP contribution in [0.4, 0.5) is 5.69 Å². The molecule has 13 nitrogen and oxygen atoms in total. The van der Waals surface area contributed by atoms with Gasteiger partial charge in [-0.2, -0.15) is 0 Å². The van der Waals surface area contributed by atoms with Crippen molar-refractivity contribution in [3.05, 3.63) is 125 Å². The Morgan fingerprint density at radius 2 is 1.06 bits per heavy atom. The van der Waals surface area contributed by atoms with Crippen molar-refractivity contribution in [1.82, 2.24) is 4.90 Å².